The standard InChI is InChI=1S/C60H34S2/c1-4-17-40-37(14-1)38-15-2-5-18-41(38)52-34-54-43-31-30-35(36-22-11-25-48-44-20-7-9-28-56(44)61-59(36)48)32-55(43)58-46(39-16-3-6-19-42(39)53(54)33-51(40)52)23-12-24-47(58)50-27-13-26-49-45-21-8-10-29-57(45)62-60(49)50/h1-34H. The molecule has 286 valence electrons. The summed E-state index contributed by atoms with van der Waals surface area (Å²) in [6, 6.07) is 77.8. The molecule has 0 radical (unpaired) electrons. The first-order chi connectivity index (χ1) is 30.8. The minimum atomic E-state index is 1.23. The average molecular weight is 819 g/mol. The van der Waals surface area contributed by atoms with Crippen molar-refractivity contribution in [3.63, 3.8) is 0 Å². The third-order valence-corrected chi connectivity index (χ3v) is 15.9. The fraction of sp³-hybridized carbons (Fsp3) is 0. The van der Waals surface area contributed by atoms with Crippen LogP contribution >= 0.6 is 22.7 Å². The highest BCUT2D eigenvalue weighted by molar-refractivity contribution is 7.26. The molecule has 0 amide bonds. The molecule has 0 saturated heterocycles. The van der Waals surface area contributed by atoms with Crippen LogP contribution in [0.5, 0.6) is 0 Å². The lowest BCUT2D eigenvalue weighted by molar-refractivity contribution is 1.30. The van der Waals surface area contributed by atoms with E-state index in [1.165, 1.54) is 137 Å². The molecule has 0 bridgehead atoms. The van der Waals surface area contributed by atoms with Crippen molar-refractivity contribution >= 4 is 95.3 Å². The van der Waals surface area contributed by atoms with Crippen molar-refractivity contribution in [2.45, 2.75) is 0 Å². The second-order valence-electron chi connectivity index (χ2n) is 16.6. The van der Waals surface area contributed by atoms with Gasteiger partial charge in [0, 0.05) is 45.9 Å². The zero-order valence-corrected chi connectivity index (χ0v) is 35.1. The Balaban J connectivity index is 1.27. The molecule has 1 aliphatic carbocycles. The van der Waals surface area contributed by atoms with Crippen LogP contribution in [0.2, 0.25) is 0 Å². The molecule has 0 fully saturated rings. The topological polar surface area (TPSA) is 0 Å². The van der Waals surface area contributed by atoms with Crippen LogP contribution in [0.25, 0.3) is 94.9 Å². The van der Waals surface area contributed by atoms with E-state index in [0.29, 0.717) is 0 Å². The van der Waals surface area contributed by atoms with Gasteiger partial charge >= 0.3 is 0 Å². The Labute approximate surface area is 363 Å². The van der Waals surface area contributed by atoms with Crippen LogP contribution in [0.4, 0.5) is 0 Å². The molecule has 0 N–H and O–H groups in total. The van der Waals surface area contributed by atoms with E-state index in [9.17, 15) is 0 Å². The van der Waals surface area contributed by atoms with Gasteiger partial charge in [-0.2, -0.15) is 0 Å². The molecule has 13 aromatic rings. The molecule has 14 rings (SSSR count). The third kappa shape index (κ3) is 4.82. The first-order valence-electron chi connectivity index (χ1n) is 21.3. The normalized spacial score (nSPS) is 12.2. The fourth-order valence-corrected chi connectivity index (χ4v) is 13.2. The first kappa shape index (κ1) is 34.4. The van der Waals surface area contributed by atoms with Crippen molar-refractivity contribution in [1.82, 2.24) is 0 Å². The maximum absolute atomic E-state index is 2.52. The first-order valence-corrected chi connectivity index (χ1v) is 23.0. The quantitative estimate of drug-likeness (QED) is 0.152. The lowest BCUT2D eigenvalue weighted by Gasteiger charge is -2.13. The summed E-state index contributed by atoms with van der Waals surface area (Å²) in [5.74, 6) is 0. The lowest BCUT2D eigenvalue weighted by Crippen LogP contribution is -1.94. The van der Waals surface area contributed by atoms with Crippen molar-refractivity contribution in [3.05, 3.63) is 248 Å². The highest BCUT2D eigenvalue weighted by Gasteiger charge is 2.16. The van der Waals surface area contributed by atoms with Gasteiger partial charge in [0.15, 0.2) is 0 Å². The van der Waals surface area contributed by atoms with Crippen LogP contribution in [-0.2, 0) is 0 Å². The average Bonchev–Trinajstić information content (AvgIpc) is 3.92. The van der Waals surface area contributed by atoms with Gasteiger partial charge in [-0.3, -0.25) is 0 Å². The van der Waals surface area contributed by atoms with Crippen LogP contribution in [0.1, 0.15) is 0 Å². The molecule has 62 heavy (non-hydrogen) atoms. The smallest absolute Gasteiger partial charge is 0.0434 e. The van der Waals surface area contributed by atoms with E-state index in [-0.39, 0.29) is 0 Å². The van der Waals surface area contributed by atoms with Gasteiger partial charge < -0.3 is 0 Å². The zero-order valence-electron chi connectivity index (χ0n) is 33.4. The highest BCUT2D eigenvalue weighted by atomic mass is 32.1. The van der Waals surface area contributed by atoms with Gasteiger partial charge in [-0.05, 0) is 121 Å². The van der Waals surface area contributed by atoms with Crippen LogP contribution < -0.4 is 0 Å². The van der Waals surface area contributed by atoms with Crippen molar-refractivity contribution in [2.75, 3.05) is 0 Å². The maximum atomic E-state index is 2.52. The fourth-order valence-electron chi connectivity index (χ4n) is 10.7. The Morgan fingerprint density at radius 1 is 0.226 bits per heavy atom. The largest absolute Gasteiger partial charge is 0.135 e. The van der Waals surface area contributed by atoms with Gasteiger partial charge in [0.1, 0.15) is 0 Å². The number of benzene rings is 11. The summed E-state index contributed by atoms with van der Waals surface area (Å²) in [5.41, 5.74) is 5.04. The van der Waals surface area contributed by atoms with Crippen LogP contribution in [0, 0.1) is 41.7 Å². The summed E-state index contributed by atoms with van der Waals surface area (Å²) < 4.78 is 5.30. The Morgan fingerprint density at radius 3 is 1.26 bits per heavy atom. The SMILES string of the molecule is c1ccc2c(c1)=c1cc3c4ccccc4c4ccccc4c3cc1=c1ccc(-c3cccc4c3sc3ccccc34)cc1=c1c(-c3cccc4c3sc3ccccc34)cccc1=2. The highest BCUT2D eigenvalue weighted by Crippen LogP contribution is 2.43. The van der Waals surface area contributed by atoms with Crippen molar-refractivity contribution in [1.29, 1.82) is 0 Å². The Morgan fingerprint density at radius 2 is 0.645 bits per heavy atom. The maximum Gasteiger partial charge on any atom is 0.0434 e. The summed E-state index contributed by atoms with van der Waals surface area (Å²) >= 11 is 3.81. The van der Waals surface area contributed by atoms with E-state index in [0.717, 1.165) is 0 Å². The van der Waals surface area contributed by atoms with Crippen molar-refractivity contribution < 1.29 is 0 Å². The molecule has 0 nitrogen and oxygen atoms in total. The second-order valence-corrected chi connectivity index (χ2v) is 18.7. The third-order valence-electron chi connectivity index (χ3n) is 13.4. The predicted octanol–water partition coefficient (Wildman–Crippen LogP) is 16.7. The molecular formula is C60H34S2. The lowest BCUT2D eigenvalue weighted by atomic mass is 9.91. The number of rotatable bonds is 2. The van der Waals surface area contributed by atoms with E-state index in [2.05, 4.69) is 206 Å². The zero-order chi connectivity index (χ0) is 40.5. The molecule has 0 atom stereocenters. The van der Waals surface area contributed by atoms with Gasteiger partial charge in [0.2, 0.25) is 0 Å². The summed E-state index contributed by atoms with van der Waals surface area (Å²) in [6.07, 6.45) is 0. The molecule has 0 spiro atoms. The van der Waals surface area contributed by atoms with E-state index < -0.39 is 0 Å². The minimum Gasteiger partial charge on any atom is -0.135 e. The number of thiophene rings is 2. The monoisotopic (exact) mass is 818 g/mol. The summed E-state index contributed by atoms with van der Waals surface area (Å²) in [7, 11) is 0. The van der Waals surface area contributed by atoms with Gasteiger partial charge in [0.05, 0.1) is 0 Å². The Hall–Kier alpha value is -7.36. The van der Waals surface area contributed by atoms with E-state index in [4.69, 9.17) is 0 Å². The molecule has 0 unspecified atom stereocenters. The summed E-state index contributed by atoms with van der Waals surface area (Å²) in [4.78, 5) is 0. The van der Waals surface area contributed by atoms with Gasteiger partial charge in [-0.1, -0.05) is 176 Å². The number of hydrogen-bond acceptors (Lipinski definition) is 2. The van der Waals surface area contributed by atoms with Gasteiger partial charge in [0.25, 0.3) is 0 Å². The Bertz CT molecular complexity index is 4520. The van der Waals surface area contributed by atoms with E-state index in [1.807, 2.05) is 22.7 Å². The molecule has 2 heteroatoms. The van der Waals surface area contributed by atoms with Crippen LogP contribution in [0.15, 0.2) is 206 Å². The molecule has 0 aliphatic heterocycles. The van der Waals surface area contributed by atoms with Crippen LogP contribution in [-0.4, -0.2) is 0 Å². The molecule has 2 heterocycles. The summed E-state index contributed by atoms with van der Waals surface area (Å²) in [5, 5.41) is 23.0. The number of fused-ring (bicyclic) bond motifs is 16. The van der Waals surface area contributed by atoms with Crippen molar-refractivity contribution in [2.24, 2.45) is 0 Å². The molecular weight excluding hydrogens is 785 g/mol. The van der Waals surface area contributed by atoms with Gasteiger partial charge in [-0.15, -0.1) is 22.7 Å². The predicted molar refractivity (Wildman–Crippen MR) is 266 cm³/mol. The van der Waals surface area contributed by atoms with E-state index in [1.54, 1.807) is 0 Å². The molecule has 0 saturated carbocycles. The van der Waals surface area contributed by atoms with Crippen LogP contribution in [0.3, 0.4) is 0 Å². The molecule has 11 aromatic carbocycles. The van der Waals surface area contributed by atoms with Crippen molar-refractivity contribution in [3.8, 4) is 22.3 Å². The minimum absolute atomic E-state index is 1.23. The summed E-state index contributed by atoms with van der Waals surface area (Å²) in [6.45, 7) is 0. The number of hydrogen-bond donors (Lipinski definition) is 0. The van der Waals surface area contributed by atoms with Gasteiger partial charge in [-0.25, -0.2) is 0 Å². The van der Waals surface area contributed by atoms with E-state index >= 15 is 0 Å². The second kappa shape index (κ2) is 13.1. The molecule has 1 aliphatic rings. The Kier molecular flexibility index (Phi) is 7.24. The molecule has 2 aromatic heterocycles.